The Labute approximate surface area is 139 Å². The van der Waals surface area contributed by atoms with Gasteiger partial charge in [-0.1, -0.05) is 0 Å². The lowest BCUT2D eigenvalue weighted by Crippen LogP contribution is -2.50. The highest BCUT2D eigenvalue weighted by Crippen LogP contribution is 2.19. The molecule has 0 aromatic heterocycles. The minimum Gasteiger partial charge on any atom is -0.449 e. The monoisotopic (exact) mass is 406 g/mol. The maximum atomic E-state index is 6.09. The molecule has 0 saturated carbocycles. The summed E-state index contributed by atoms with van der Waals surface area (Å²) in [5.41, 5.74) is 0. The highest BCUT2D eigenvalue weighted by atomic mass is 28.5. The highest BCUT2D eigenvalue weighted by molar-refractivity contribution is 6.87. The molecule has 124 valence electrons. The van der Waals surface area contributed by atoms with E-state index in [1.165, 1.54) is 0 Å². The van der Waals surface area contributed by atoms with E-state index in [1.807, 2.05) is 0 Å². The third kappa shape index (κ3) is 21.6. The van der Waals surface area contributed by atoms with E-state index in [2.05, 4.69) is 52.4 Å². The Bertz CT molecular complexity index is 218. The van der Waals surface area contributed by atoms with Crippen LogP contribution >= 0.6 is 0 Å². The minimum atomic E-state index is -1.85. The molecule has 0 rings (SSSR count). The molecule has 5 nitrogen and oxygen atoms in total. The first-order valence-corrected chi connectivity index (χ1v) is 20.4. The molecule has 0 aromatic rings. The van der Waals surface area contributed by atoms with E-state index in [4.69, 9.17) is 20.6 Å². The quantitative estimate of drug-likeness (QED) is 0.381. The van der Waals surface area contributed by atoms with Crippen LogP contribution in [0.2, 0.25) is 52.4 Å². The molecule has 0 aliphatic rings. The van der Waals surface area contributed by atoms with Crippen LogP contribution in [-0.2, 0) is 20.6 Å². The topological polar surface area (TPSA) is 46.2 Å². The van der Waals surface area contributed by atoms with Crippen molar-refractivity contribution in [3.63, 3.8) is 0 Å². The summed E-state index contributed by atoms with van der Waals surface area (Å²) >= 11 is 0. The van der Waals surface area contributed by atoms with E-state index in [-0.39, 0.29) is 0 Å². The molecule has 0 aliphatic carbocycles. The molecule has 0 bridgehead atoms. The Balaban J connectivity index is 0. The van der Waals surface area contributed by atoms with Crippen LogP contribution in [0.5, 0.6) is 0 Å². The maximum absolute atomic E-state index is 6.09. The molecule has 0 aliphatic heterocycles. The summed E-state index contributed by atoms with van der Waals surface area (Å²) in [6.45, 7) is 17.6. The van der Waals surface area contributed by atoms with E-state index in [1.54, 1.807) is 0 Å². The fraction of sp³-hybridized carbons (Fsp3) is 1.00. The molecule has 0 amide bonds. The second-order valence-electron chi connectivity index (χ2n) is 6.85. The smallest absolute Gasteiger partial charge is 0.311 e. The van der Waals surface area contributed by atoms with Gasteiger partial charge in [0.15, 0.2) is 16.6 Å². The molecular weight excluding hydrogens is 373 g/mol. The minimum absolute atomic E-state index is 0.569. The van der Waals surface area contributed by atoms with Gasteiger partial charge < -0.3 is 20.6 Å². The maximum Gasteiger partial charge on any atom is 0.311 e. The molecule has 0 unspecified atom stereocenters. The Kier molecular flexibility index (Phi) is 12.9. The molecule has 0 aromatic carbocycles. The zero-order chi connectivity index (χ0) is 16.4. The molecule has 0 N–H and O–H groups in total. The van der Waals surface area contributed by atoms with E-state index >= 15 is 0 Å². The summed E-state index contributed by atoms with van der Waals surface area (Å²) in [5, 5.41) is 0. The van der Waals surface area contributed by atoms with Gasteiger partial charge in [0.2, 0.25) is 0 Å². The summed E-state index contributed by atoms with van der Waals surface area (Å²) in [4.78, 5) is 0. The molecule has 0 saturated heterocycles. The van der Waals surface area contributed by atoms with Crippen molar-refractivity contribution in [3.8, 4) is 0 Å². The van der Waals surface area contributed by atoms with Crippen LogP contribution in [0, 0.1) is 0 Å². The van der Waals surface area contributed by atoms with Gasteiger partial charge in [-0.15, -0.1) is 0 Å². The van der Waals surface area contributed by atoms with E-state index in [0.717, 1.165) is 21.0 Å². The van der Waals surface area contributed by atoms with Crippen LogP contribution in [0.4, 0.5) is 0 Å². The normalized spacial score (nSPS) is 14.4. The molecule has 0 heterocycles. The third-order valence-corrected chi connectivity index (χ3v) is 13.6. The second kappa shape index (κ2) is 10.9. The van der Waals surface area contributed by atoms with Crippen LogP contribution in [0.1, 0.15) is 0 Å². The van der Waals surface area contributed by atoms with Gasteiger partial charge >= 0.3 is 8.56 Å². The fourth-order valence-corrected chi connectivity index (χ4v) is 18.6. The molecule has 20 heavy (non-hydrogen) atoms. The zero-order valence-corrected chi connectivity index (χ0v) is 24.8. The SMILES string of the molecule is C[Si](C)(C)O[Si](C)(C)O[Si](C)(C)C.[SiH3]O[SiH2]O[SiH2]O[SiH3]. The van der Waals surface area contributed by atoms with Crippen LogP contribution in [0.3, 0.4) is 0 Å². The average Bonchev–Trinajstić information content (AvgIpc) is 2.11. The molecule has 0 spiro atoms. The molecule has 0 radical (unpaired) electrons. The first-order valence-electron chi connectivity index (χ1n) is 6.79. The van der Waals surface area contributed by atoms with Gasteiger partial charge in [-0.05, 0) is 52.4 Å². The lowest BCUT2D eigenvalue weighted by molar-refractivity contribution is 0.395. The van der Waals surface area contributed by atoms with Crippen molar-refractivity contribution in [2.24, 2.45) is 0 Å². The summed E-state index contributed by atoms with van der Waals surface area (Å²) < 4.78 is 27.0. The molecule has 12 heteroatoms. The second-order valence-corrected chi connectivity index (χ2v) is 26.5. The van der Waals surface area contributed by atoms with Crippen LogP contribution in [0.25, 0.3) is 0 Å². The van der Waals surface area contributed by atoms with Crippen molar-refractivity contribution in [1.82, 2.24) is 0 Å². The highest BCUT2D eigenvalue weighted by Gasteiger charge is 2.35. The van der Waals surface area contributed by atoms with Crippen molar-refractivity contribution < 1.29 is 20.6 Å². The lowest BCUT2D eigenvalue weighted by Gasteiger charge is -2.35. The Hall–Kier alpha value is 1.32. The standard InChI is InChI=1S/C8H24O2Si3.H10O3Si4/c1-11(2,3)9-13(7,8)10-12(4,5)6;4-1-6-3-7-2-5/h1-8H3;6-7H2,4-5H3. The predicted octanol–water partition coefficient (Wildman–Crippen LogP) is -1.01. The first-order chi connectivity index (χ1) is 8.83. The number of hydrogen-bond acceptors (Lipinski definition) is 5. The zero-order valence-electron chi connectivity index (χ0n) is 15.0. The van der Waals surface area contributed by atoms with Gasteiger partial charge in [0.05, 0.1) is 0 Å². The van der Waals surface area contributed by atoms with E-state index in [9.17, 15) is 0 Å². The van der Waals surface area contributed by atoms with Gasteiger partial charge in [-0.2, -0.15) is 0 Å². The van der Waals surface area contributed by atoms with Gasteiger partial charge in [-0.3, -0.25) is 0 Å². The van der Waals surface area contributed by atoms with Crippen LogP contribution < -0.4 is 0 Å². The fourth-order valence-electron chi connectivity index (χ4n) is 1.70. The Morgan fingerprint density at radius 3 is 1.15 bits per heavy atom. The van der Waals surface area contributed by atoms with Gasteiger partial charge in [0, 0.05) is 0 Å². The van der Waals surface area contributed by atoms with Crippen LogP contribution in [0.15, 0.2) is 0 Å². The van der Waals surface area contributed by atoms with Crippen molar-refractivity contribution in [2.75, 3.05) is 0 Å². The van der Waals surface area contributed by atoms with Crippen molar-refractivity contribution >= 4 is 66.2 Å². The lowest BCUT2D eigenvalue weighted by atomic mass is 11.8. The van der Waals surface area contributed by atoms with Crippen molar-refractivity contribution in [2.45, 2.75) is 52.4 Å². The van der Waals surface area contributed by atoms with Crippen molar-refractivity contribution in [1.29, 1.82) is 0 Å². The first kappa shape index (κ1) is 23.6. The van der Waals surface area contributed by atoms with Gasteiger partial charge in [0.25, 0.3) is 20.0 Å². The van der Waals surface area contributed by atoms with Gasteiger partial charge in [0.1, 0.15) is 21.0 Å². The van der Waals surface area contributed by atoms with Gasteiger partial charge in [-0.25, -0.2) is 0 Å². The predicted molar refractivity (Wildman–Crippen MR) is 107 cm³/mol. The van der Waals surface area contributed by atoms with E-state index < -0.39 is 45.2 Å². The third-order valence-electron chi connectivity index (χ3n) is 1.51. The summed E-state index contributed by atoms with van der Waals surface area (Å²) in [6.07, 6.45) is 0. The summed E-state index contributed by atoms with van der Waals surface area (Å²) in [6, 6.07) is 0. The molecule has 0 atom stereocenters. The van der Waals surface area contributed by atoms with Crippen LogP contribution in [-0.4, -0.2) is 66.2 Å². The summed E-state index contributed by atoms with van der Waals surface area (Å²) in [5.74, 6) is 0. The average molecular weight is 407 g/mol. The van der Waals surface area contributed by atoms with E-state index in [0.29, 0.717) is 0 Å². The Morgan fingerprint density at radius 1 is 0.650 bits per heavy atom. The Morgan fingerprint density at radius 2 is 0.950 bits per heavy atom. The van der Waals surface area contributed by atoms with Crippen molar-refractivity contribution in [3.05, 3.63) is 0 Å². The number of hydrogen-bond donors (Lipinski definition) is 0. The summed E-state index contributed by atoms with van der Waals surface area (Å²) in [7, 11) is -4.21. The largest absolute Gasteiger partial charge is 0.449 e. The molecular formula is C8H34O5Si7. The molecule has 0 fully saturated rings. The number of rotatable bonds is 8.